The number of anilines is 2. The number of sulfonamides is 1. The second-order valence-electron chi connectivity index (χ2n) is 8.25. The van der Waals surface area contributed by atoms with Crippen molar-refractivity contribution in [1.29, 1.82) is 0 Å². The molecular formula is C21H27F3N4O6S. The van der Waals surface area contributed by atoms with E-state index in [2.05, 4.69) is 15.2 Å². The van der Waals surface area contributed by atoms with E-state index in [4.69, 9.17) is 9.47 Å². The molecule has 2 heterocycles. The number of aromatic nitrogens is 2. The average Bonchev–Trinajstić information content (AvgIpc) is 3.16. The lowest BCUT2D eigenvalue weighted by Crippen LogP contribution is -2.45. The molecule has 1 amide bonds. The number of hydrogen-bond acceptors (Lipinski definition) is 7. The zero-order valence-corrected chi connectivity index (χ0v) is 20.7. The predicted molar refractivity (Wildman–Crippen MR) is 120 cm³/mol. The van der Waals surface area contributed by atoms with Crippen LogP contribution in [0.3, 0.4) is 0 Å². The average molecular weight is 521 g/mol. The number of nitrogens with zero attached hydrogens (tertiary/aromatic N) is 3. The molecule has 0 spiro atoms. The number of ether oxygens (including phenoxy) is 3. The van der Waals surface area contributed by atoms with Gasteiger partial charge < -0.3 is 14.2 Å². The minimum atomic E-state index is -4.78. The summed E-state index contributed by atoms with van der Waals surface area (Å²) in [6.07, 6.45) is -4.77. The lowest BCUT2D eigenvalue weighted by molar-refractivity contribution is -0.242. The number of amides is 1. The molecule has 0 bridgehead atoms. The number of halogens is 3. The van der Waals surface area contributed by atoms with Gasteiger partial charge in [0.1, 0.15) is 12.4 Å². The zero-order chi connectivity index (χ0) is 26.2. The molecule has 1 atom stereocenters. The second kappa shape index (κ2) is 9.47. The Hall–Kier alpha value is -3.16. The highest BCUT2D eigenvalue weighted by Gasteiger charge is 2.51. The summed E-state index contributed by atoms with van der Waals surface area (Å²) in [7, 11) is -4.21. The van der Waals surface area contributed by atoms with Gasteiger partial charge in [0.15, 0.2) is 4.90 Å². The highest BCUT2D eigenvalue weighted by atomic mass is 32.2. The van der Waals surface area contributed by atoms with Gasteiger partial charge in [-0.15, -0.1) is 5.10 Å². The van der Waals surface area contributed by atoms with Gasteiger partial charge >= 0.3 is 12.3 Å². The van der Waals surface area contributed by atoms with Crippen LogP contribution in [0.5, 0.6) is 11.6 Å². The van der Waals surface area contributed by atoms with E-state index in [1.807, 2.05) is 0 Å². The summed E-state index contributed by atoms with van der Waals surface area (Å²) in [4.78, 5) is 12.0. The van der Waals surface area contributed by atoms with Crippen LogP contribution in [0.4, 0.5) is 29.3 Å². The van der Waals surface area contributed by atoms with E-state index in [0.29, 0.717) is 6.54 Å². The van der Waals surface area contributed by atoms with E-state index in [0.717, 1.165) is 18.2 Å². The minimum Gasteiger partial charge on any atom is -0.489 e. The third kappa shape index (κ3) is 5.26. The molecule has 14 heteroatoms. The first-order valence-electron chi connectivity index (χ1n) is 10.8. The molecule has 194 valence electrons. The van der Waals surface area contributed by atoms with Crippen LogP contribution >= 0.6 is 0 Å². The number of rotatable bonds is 7. The molecule has 1 aromatic heterocycles. The van der Waals surface area contributed by atoms with Crippen molar-refractivity contribution in [2.45, 2.75) is 63.9 Å². The number of fused-ring (bicyclic) bond motifs is 1. The smallest absolute Gasteiger partial charge is 0.427 e. The van der Waals surface area contributed by atoms with Crippen molar-refractivity contribution in [3.8, 4) is 11.6 Å². The first kappa shape index (κ1) is 26.4. The Morgan fingerprint density at radius 1 is 1.29 bits per heavy atom. The summed E-state index contributed by atoms with van der Waals surface area (Å²) in [6, 6.07) is 3.41. The van der Waals surface area contributed by atoms with Gasteiger partial charge in [-0.1, -0.05) is 0 Å². The number of carbonyl (C=O) groups excluding carboxylic acids is 1. The molecule has 3 rings (SSSR count). The van der Waals surface area contributed by atoms with Crippen LogP contribution in [0, 0.1) is 0 Å². The van der Waals surface area contributed by atoms with Crippen LogP contribution in [0.15, 0.2) is 29.3 Å². The van der Waals surface area contributed by atoms with Crippen molar-refractivity contribution in [3.05, 3.63) is 24.4 Å². The summed E-state index contributed by atoms with van der Waals surface area (Å²) in [5.74, 6) is 0.156. The molecule has 0 saturated heterocycles. The van der Waals surface area contributed by atoms with Crippen molar-refractivity contribution in [2.75, 3.05) is 22.8 Å². The van der Waals surface area contributed by atoms with Crippen LogP contribution in [0.1, 0.15) is 34.6 Å². The minimum absolute atomic E-state index is 0.0129. The molecule has 1 aliphatic rings. The molecule has 0 saturated carbocycles. The first-order valence-corrected chi connectivity index (χ1v) is 12.2. The topological polar surface area (TPSA) is 112 Å². The Kier molecular flexibility index (Phi) is 7.16. The van der Waals surface area contributed by atoms with Crippen LogP contribution in [0.2, 0.25) is 0 Å². The number of benzene rings is 1. The monoisotopic (exact) mass is 520 g/mol. The van der Waals surface area contributed by atoms with Crippen LogP contribution in [0.25, 0.3) is 0 Å². The first-order chi connectivity index (χ1) is 16.2. The van der Waals surface area contributed by atoms with E-state index in [1.54, 1.807) is 20.8 Å². The normalized spacial score (nSPS) is 16.3. The van der Waals surface area contributed by atoms with Gasteiger partial charge in [-0.3, -0.25) is 14.3 Å². The van der Waals surface area contributed by atoms with Crippen LogP contribution < -0.4 is 19.1 Å². The summed E-state index contributed by atoms with van der Waals surface area (Å²) in [6.45, 7) is 7.22. The molecule has 0 unspecified atom stereocenters. The Morgan fingerprint density at radius 2 is 1.97 bits per heavy atom. The lowest BCUT2D eigenvalue weighted by Gasteiger charge is -2.35. The fraction of sp³-hybridized carbons (Fsp3) is 0.524. The van der Waals surface area contributed by atoms with Gasteiger partial charge in [0.25, 0.3) is 15.9 Å². The van der Waals surface area contributed by atoms with Crippen LogP contribution in [-0.2, 0) is 21.3 Å². The number of hydrogen-bond donors (Lipinski definition) is 1. The highest BCUT2D eigenvalue weighted by molar-refractivity contribution is 7.93. The molecule has 1 aliphatic heterocycles. The Labute approximate surface area is 201 Å². The summed E-state index contributed by atoms with van der Waals surface area (Å²) < 4.78 is 84.7. The Bertz CT molecular complexity index is 1200. The Balaban J connectivity index is 1.98. The summed E-state index contributed by atoms with van der Waals surface area (Å²) >= 11 is 0. The number of carbonyl (C=O) groups is 1. The maximum atomic E-state index is 13.7. The maximum Gasteiger partial charge on any atom is 0.427 e. The third-order valence-corrected chi connectivity index (χ3v) is 7.10. The van der Waals surface area contributed by atoms with Crippen molar-refractivity contribution in [3.63, 3.8) is 0 Å². The van der Waals surface area contributed by atoms with E-state index < -0.39 is 33.9 Å². The van der Waals surface area contributed by atoms with Gasteiger partial charge in [0.2, 0.25) is 5.60 Å². The van der Waals surface area contributed by atoms with Crippen molar-refractivity contribution < 1.29 is 40.6 Å². The van der Waals surface area contributed by atoms with Crippen LogP contribution in [-0.4, -0.2) is 55.3 Å². The molecule has 0 aliphatic carbocycles. The maximum absolute atomic E-state index is 13.7. The molecule has 0 radical (unpaired) electrons. The predicted octanol–water partition coefficient (Wildman–Crippen LogP) is 4.17. The SMILES string of the molecule is CCOc1nn(CC)cc1S(=O)(=O)N1c2cc(NC(=O)OC(C)(C)C(F)(F)F)ccc2OC[C@H]1C. The molecule has 1 aromatic carbocycles. The number of aryl methyl sites for hydroxylation is 1. The van der Waals surface area contributed by atoms with Crippen molar-refractivity contribution in [1.82, 2.24) is 9.78 Å². The molecule has 35 heavy (non-hydrogen) atoms. The van der Waals surface area contributed by atoms with Gasteiger partial charge in [-0.25, -0.2) is 13.2 Å². The largest absolute Gasteiger partial charge is 0.489 e. The molecule has 1 N–H and O–H groups in total. The van der Waals surface area contributed by atoms with Gasteiger partial charge in [0, 0.05) is 18.4 Å². The van der Waals surface area contributed by atoms with Gasteiger partial charge in [0.05, 0.1) is 18.3 Å². The van der Waals surface area contributed by atoms with Crippen molar-refractivity contribution in [2.24, 2.45) is 0 Å². The van der Waals surface area contributed by atoms with Gasteiger partial charge in [-0.2, -0.15) is 13.2 Å². The fourth-order valence-corrected chi connectivity index (χ4v) is 4.99. The molecule has 0 fully saturated rings. The number of alkyl halides is 3. The third-order valence-electron chi connectivity index (χ3n) is 5.19. The number of nitrogens with one attached hydrogen (secondary N) is 1. The summed E-state index contributed by atoms with van der Waals surface area (Å²) in [5, 5.41) is 6.38. The summed E-state index contributed by atoms with van der Waals surface area (Å²) in [5.41, 5.74) is -2.63. The lowest BCUT2D eigenvalue weighted by atomic mass is 10.1. The standard InChI is InChI=1S/C21H27F3N4O6S/c1-6-27-11-17(18(26-27)32-7-2)35(30,31)28-13(3)12-33-16-9-8-14(10-15(16)28)25-19(29)34-20(4,5)21(22,23)24/h8-11,13H,6-7,12H2,1-5H3,(H,25,29)/t13-/m1/s1. The van der Waals surface area contributed by atoms with E-state index in [-0.39, 0.29) is 41.1 Å². The van der Waals surface area contributed by atoms with E-state index in [1.165, 1.54) is 29.1 Å². The second-order valence-corrected chi connectivity index (χ2v) is 10.0. The molecular weight excluding hydrogens is 493 g/mol. The quantitative estimate of drug-likeness (QED) is 0.583. The molecule has 10 nitrogen and oxygen atoms in total. The highest BCUT2D eigenvalue weighted by Crippen LogP contribution is 2.41. The molecule has 2 aromatic rings. The van der Waals surface area contributed by atoms with E-state index in [9.17, 15) is 26.4 Å². The Morgan fingerprint density at radius 3 is 2.57 bits per heavy atom. The van der Waals surface area contributed by atoms with Gasteiger partial charge in [-0.05, 0) is 52.8 Å². The zero-order valence-electron chi connectivity index (χ0n) is 19.8. The fourth-order valence-electron chi connectivity index (χ4n) is 3.27. The van der Waals surface area contributed by atoms with E-state index >= 15 is 0 Å². The van der Waals surface area contributed by atoms with Crippen molar-refractivity contribution >= 4 is 27.5 Å².